The fraction of sp³-hybridized carbons (Fsp3) is 0.308. The van der Waals surface area contributed by atoms with Crippen LogP contribution in [0.25, 0.3) is 0 Å². The second-order valence-electron chi connectivity index (χ2n) is 3.07. The van der Waals surface area contributed by atoms with Gasteiger partial charge in [-0.05, 0) is 25.7 Å². The SMILES string of the molecule is [CH]1/C=C/C=C/C/C=C/CCC/C=C/1. The predicted molar refractivity (Wildman–Crippen MR) is 59.3 cm³/mol. The summed E-state index contributed by atoms with van der Waals surface area (Å²) in [5, 5.41) is 0. The van der Waals surface area contributed by atoms with Crippen molar-refractivity contribution in [2.24, 2.45) is 0 Å². The molecular weight excluding hydrogens is 156 g/mol. The molecule has 0 N–H and O–H groups in total. The van der Waals surface area contributed by atoms with E-state index in [2.05, 4.69) is 55.0 Å². The van der Waals surface area contributed by atoms with Crippen molar-refractivity contribution in [1.82, 2.24) is 0 Å². The molecule has 1 rings (SSSR count). The van der Waals surface area contributed by atoms with Crippen molar-refractivity contribution >= 4 is 0 Å². The van der Waals surface area contributed by atoms with E-state index < -0.39 is 0 Å². The van der Waals surface area contributed by atoms with Crippen LogP contribution < -0.4 is 0 Å². The van der Waals surface area contributed by atoms with Crippen molar-refractivity contribution in [3.05, 3.63) is 55.0 Å². The fourth-order valence-corrected chi connectivity index (χ4v) is 1.17. The van der Waals surface area contributed by atoms with Gasteiger partial charge in [0.15, 0.2) is 0 Å². The Labute approximate surface area is 81.4 Å². The zero-order chi connectivity index (χ0) is 9.19. The van der Waals surface area contributed by atoms with Crippen molar-refractivity contribution in [2.45, 2.75) is 25.7 Å². The van der Waals surface area contributed by atoms with Gasteiger partial charge in [0, 0.05) is 6.42 Å². The molecule has 0 nitrogen and oxygen atoms in total. The van der Waals surface area contributed by atoms with Gasteiger partial charge in [-0.25, -0.2) is 0 Å². The van der Waals surface area contributed by atoms with Crippen LogP contribution in [0.1, 0.15) is 25.7 Å². The van der Waals surface area contributed by atoms with Crippen LogP contribution in [0.5, 0.6) is 0 Å². The standard InChI is InChI=1S/C13H17/c1-2-4-6-8-10-12-13-11-9-7-5-3-1/h1-7,10,12H,8-9,11,13H2/b2-1+,6-4+,7-5+,12-10+. The summed E-state index contributed by atoms with van der Waals surface area (Å²) in [5.41, 5.74) is 0. The normalized spacial score (nSPS) is 28.9. The lowest BCUT2D eigenvalue weighted by Crippen LogP contribution is -1.69. The molecule has 0 saturated heterocycles. The van der Waals surface area contributed by atoms with Crippen LogP contribution in [0.15, 0.2) is 48.6 Å². The summed E-state index contributed by atoms with van der Waals surface area (Å²) in [6, 6.07) is 0. The van der Waals surface area contributed by atoms with Crippen LogP contribution in [-0.4, -0.2) is 0 Å². The van der Waals surface area contributed by atoms with E-state index in [1.165, 1.54) is 19.3 Å². The molecule has 0 amide bonds. The van der Waals surface area contributed by atoms with Gasteiger partial charge in [0.2, 0.25) is 0 Å². The molecule has 69 valence electrons. The predicted octanol–water partition coefficient (Wildman–Crippen LogP) is 3.99. The van der Waals surface area contributed by atoms with Gasteiger partial charge in [-0.1, -0.05) is 48.6 Å². The van der Waals surface area contributed by atoms with Crippen LogP contribution in [-0.2, 0) is 0 Å². The van der Waals surface area contributed by atoms with Crippen molar-refractivity contribution < 1.29 is 0 Å². The summed E-state index contributed by atoms with van der Waals surface area (Å²) in [5.74, 6) is 0. The van der Waals surface area contributed by atoms with Gasteiger partial charge in [0.25, 0.3) is 0 Å². The van der Waals surface area contributed by atoms with Gasteiger partial charge in [-0.3, -0.25) is 0 Å². The summed E-state index contributed by atoms with van der Waals surface area (Å²) in [4.78, 5) is 0. The second-order valence-corrected chi connectivity index (χ2v) is 3.07. The van der Waals surface area contributed by atoms with E-state index in [1.54, 1.807) is 0 Å². The topological polar surface area (TPSA) is 0 Å². The minimum Gasteiger partial charge on any atom is -0.0882 e. The smallest absolute Gasteiger partial charge is 0.00473 e. The zero-order valence-electron chi connectivity index (χ0n) is 8.02. The first-order valence-corrected chi connectivity index (χ1v) is 4.97. The zero-order valence-corrected chi connectivity index (χ0v) is 8.02. The van der Waals surface area contributed by atoms with Crippen LogP contribution in [0.2, 0.25) is 0 Å². The molecule has 0 unspecified atom stereocenters. The highest BCUT2D eigenvalue weighted by molar-refractivity contribution is 5.14. The largest absolute Gasteiger partial charge is 0.0882 e. The van der Waals surface area contributed by atoms with Gasteiger partial charge >= 0.3 is 0 Å². The maximum absolute atomic E-state index is 2.27. The summed E-state index contributed by atoms with van der Waals surface area (Å²) < 4.78 is 0. The first-order chi connectivity index (χ1) is 6.50. The van der Waals surface area contributed by atoms with E-state index in [9.17, 15) is 0 Å². The Morgan fingerprint density at radius 1 is 0.615 bits per heavy atom. The Morgan fingerprint density at radius 2 is 1.54 bits per heavy atom. The molecule has 0 aliphatic heterocycles. The highest BCUT2D eigenvalue weighted by Gasteiger charge is 1.81. The minimum absolute atomic E-state index is 1.05. The molecule has 1 radical (unpaired) electrons. The lowest BCUT2D eigenvalue weighted by molar-refractivity contribution is 0.866. The Balaban J connectivity index is 2.38. The van der Waals surface area contributed by atoms with E-state index in [1.807, 2.05) is 0 Å². The first-order valence-electron chi connectivity index (χ1n) is 4.97. The highest BCUT2D eigenvalue weighted by Crippen LogP contribution is 2.00. The summed E-state index contributed by atoms with van der Waals surface area (Å²) in [6.07, 6.45) is 24.0. The Hall–Kier alpha value is -1.04. The lowest BCUT2D eigenvalue weighted by Gasteiger charge is -1.89. The third-order valence-corrected chi connectivity index (χ3v) is 1.90. The monoisotopic (exact) mass is 173 g/mol. The maximum Gasteiger partial charge on any atom is 0.00473 e. The molecule has 1 aliphatic carbocycles. The molecule has 0 bridgehead atoms. The molecule has 1 aliphatic rings. The van der Waals surface area contributed by atoms with Gasteiger partial charge in [-0.2, -0.15) is 0 Å². The summed E-state index contributed by atoms with van der Waals surface area (Å²) in [7, 11) is 0. The van der Waals surface area contributed by atoms with Gasteiger partial charge in [-0.15, -0.1) is 0 Å². The average Bonchev–Trinajstić information content (AvgIpc) is 2.18. The van der Waals surface area contributed by atoms with E-state index in [4.69, 9.17) is 0 Å². The van der Waals surface area contributed by atoms with Crippen LogP contribution in [0.3, 0.4) is 0 Å². The molecular formula is C13H17. The number of hydrogen-bond donors (Lipinski definition) is 0. The van der Waals surface area contributed by atoms with Crippen molar-refractivity contribution in [3.63, 3.8) is 0 Å². The van der Waals surface area contributed by atoms with Gasteiger partial charge < -0.3 is 0 Å². The van der Waals surface area contributed by atoms with Crippen LogP contribution in [0, 0.1) is 6.42 Å². The van der Waals surface area contributed by atoms with E-state index >= 15 is 0 Å². The van der Waals surface area contributed by atoms with E-state index in [0.717, 1.165) is 6.42 Å². The van der Waals surface area contributed by atoms with Crippen LogP contribution >= 0.6 is 0 Å². The fourth-order valence-electron chi connectivity index (χ4n) is 1.17. The number of rotatable bonds is 0. The van der Waals surface area contributed by atoms with Crippen molar-refractivity contribution in [2.75, 3.05) is 0 Å². The van der Waals surface area contributed by atoms with E-state index in [-0.39, 0.29) is 0 Å². The number of hydrogen-bond acceptors (Lipinski definition) is 0. The molecule has 0 aromatic carbocycles. The summed E-state index contributed by atoms with van der Waals surface area (Å²) in [6.45, 7) is 0. The highest BCUT2D eigenvalue weighted by atomic mass is 13.9. The molecule has 0 aromatic rings. The molecule has 0 saturated carbocycles. The van der Waals surface area contributed by atoms with Crippen LogP contribution in [0.4, 0.5) is 0 Å². The molecule has 0 aromatic heterocycles. The first kappa shape index (κ1) is 10.0. The molecule has 13 heavy (non-hydrogen) atoms. The third kappa shape index (κ3) is 6.15. The van der Waals surface area contributed by atoms with Crippen molar-refractivity contribution in [1.29, 1.82) is 0 Å². The maximum atomic E-state index is 2.27. The molecule has 0 atom stereocenters. The molecule has 0 heteroatoms. The van der Waals surface area contributed by atoms with Gasteiger partial charge in [0.05, 0.1) is 0 Å². The number of allylic oxidation sites excluding steroid dienone is 8. The van der Waals surface area contributed by atoms with Crippen molar-refractivity contribution in [3.8, 4) is 0 Å². The molecule has 0 spiro atoms. The summed E-state index contributed by atoms with van der Waals surface area (Å²) >= 11 is 0. The Kier molecular flexibility index (Phi) is 5.87. The third-order valence-electron chi connectivity index (χ3n) is 1.90. The Morgan fingerprint density at radius 3 is 2.54 bits per heavy atom. The average molecular weight is 173 g/mol. The quantitative estimate of drug-likeness (QED) is 0.486. The minimum atomic E-state index is 1.05. The Bertz CT molecular complexity index is 192. The molecule has 0 fully saturated rings. The van der Waals surface area contributed by atoms with Gasteiger partial charge in [0.1, 0.15) is 0 Å². The molecule has 0 heterocycles. The lowest BCUT2D eigenvalue weighted by atomic mass is 10.2. The second kappa shape index (κ2) is 7.60. The van der Waals surface area contributed by atoms with E-state index in [0.29, 0.717) is 0 Å².